The minimum absolute atomic E-state index is 0.255. The number of alkyl halides is 1. The number of benzene rings is 13. The van der Waals surface area contributed by atoms with Crippen LogP contribution in [0.5, 0.6) is 0 Å². The predicted molar refractivity (Wildman–Crippen MR) is 409 cm³/mol. The van der Waals surface area contributed by atoms with E-state index in [-0.39, 0.29) is 5.92 Å². The molecule has 0 radical (unpaired) electrons. The molecule has 0 N–H and O–H groups in total. The van der Waals surface area contributed by atoms with Crippen LogP contribution in [0.3, 0.4) is 0 Å². The number of hydrogen-bond donors (Lipinski definition) is 0. The van der Waals surface area contributed by atoms with Crippen LogP contribution in [0.2, 0.25) is 0 Å². The monoisotopic (exact) mass is 1340 g/mol. The molecule has 0 fully saturated rings. The Balaban J connectivity index is 0.736. The van der Waals surface area contributed by atoms with Gasteiger partial charge in [-0.2, -0.15) is 0 Å². The molecule has 1 aliphatic carbocycles. The van der Waals surface area contributed by atoms with Crippen LogP contribution >= 0.6 is 19.8 Å². The van der Waals surface area contributed by atoms with Crippen LogP contribution in [0.4, 0.5) is 0 Å². The van der Waals surface area contributed by atoms with Gasteiger partial charge in [-0.3, -0.25) is 0 Å². The van der Waals surface area contributed by atoms with Crippen LogP contribution in [-0.4, -0.2) is 23.7 Å². The van der Waals surface area contributed by atoms with Gasteiger partial charge in [-0.05, 0) is 113 Å². The summed E-state index contributed by atoms with van der Waals surface area (Å²) in [5.74, 6) is 0.954. The molecule has 17 aromatic rings. The average Bonchev–Trinajstić information content (AvgIpc) is 1.53. The Kier molecular flexibility index (Phi) is 13.4. The van der Waals surface area contributed by atoms with E-state index in [9.17, 15) is 0 Å². The fourth-order valence-corrected chi connectivity index (χ4v) is 21.6. The summed E-state index contributed by atoms with van der Waals surface area (Å²) in [7, 11) is 0. The fraction of sp³-hybridized carbons (Fsp3) is 0.0444. The molecule has 19 rings (SSSR count). The Labute approximate surface area is 564 Å². The van der Waals surface area contributed by atoms with Crippen molar-refractivity contribution in [3.63, 3.8) is 0 Å². The molecule has 5 heterocycles. The third kappa shape index (κ3) is 9.33. The van der Waals surface area contributed by atoms with Crippen LogP contribution in [0.25, 0.3) is 151 Å². The summed E-state index contributed by atoms with van der Waals surface area (Å²) in [6.07, 6.45) is 3.40. The van der Waals surface area contributed by atoms with E-state index < -0.39 is 19.8 Å². The molecule has 0 saturated heterocycles. The van der Waals surface area contributed by atoms with Crippen molar-refractivity contribution in [2.24, 2.45) is 5.92 Å². The van der Waals surface area contributed by atoms with Crippen molar-refractivity contribution in [2.45, 2.75) is 17.8 Å². The summed E-state index contributed by atoms with van der Waals surface area (Å²) in [5, 5.41) is 6.27. The molecule has 2 aliphatic rings. The molecule has 1 unspecified atom stereocenters. The zero-order valence-corrected chi connectivity index (χ0v) is 54.9. The van der Waals surface area contributed by atoms with E-state index in [0.29, 0.717) is 5.82 Å². The summed E-state index contributed by atoms with van der Waals surface area (Å²) >= 11 is -1.86. The van der Waals surface area contributed by atoms with Gasteiger partial charge in [0, 0.05) is 43.9 Å². The molecule has 0 saturated carbocycles. The molecule has 4 aromatic heterocycles. The molecule has 13 aromatic carbocycles. The number of nitrogens with zero attached hydrogens (tertiary/aromatic N) is 5. The Morgan fingerprint density at radius 1 is 0.344 bits per heavy atom. The maximum absolute atomic E-state index is 5.44. The number of halogens is 1. The molecule has 0 amide bonds. The van der Waals surface area contributed by atoms with Gasteiger partial charge < -0.3 is 13.7 Å². The second-order valence-electron chi connectivity index (χ2n) is 25.5. The maximum atomic E-state index is 5.44. The molecular weight excluding hydrogens is 1280 g/mol. The predicted octanol–water partition coefficient (Wildman–Crippen LogP) is 23.4. The smallest absolute Gasteiger partial charge is 0.309 e. The second-order valence-corrected chi connectivity index (χ2v) is 30.8. The normalized spacial score (nSPS) is 13.9. The SMILES string of the molecule is CC1Cc2c(n(-c3ccccc3)c3ccc(-c4cc(-c5ccc(-c6nc(-c7ccccc7)cc(-c7cccc(I8Cc9ccccc9-c9ccccc98)c7)n6)cc5)ccc4-n4c5ccccc5c5ccccc54)cc23)C=C1c1ccc2c(c1)c1ccccc1n2-c1ccccc1. The van der Waals surface area contributed by atoms with Crippen LogP contribution in [0.15, 0.2) is 322 Å². The van der Waals surface area contributed by atoms with Crippen molar-refractivity contribution in [3.05, 3.63) is 351 Å². The molecule has 1 aliphatic heterocycles. The van der Waals surface area contributed by atoms with E-state index in [0.717, 1.165) is 72.6 Å². The number of para-hydroxylation sites is 5. The van der Waals surface area contributed by atoms with Crippen LogP contribution in [0.1, 0.15) is 29.3 Å². The van der Waals surface area contributed by atoms with Crippen LogP contribution in [-0.2, 0) is 10.8 Å². The molecule has 6 heteroatoms. The molecular formula is C90H62IN5. The first-order valence-corrected chi connectivity index (χ1v) is 36.8. The van der Waals surface area contributed by atoms with Gasteiger partial charge in [0.1, 0.15) is 0 Å². The fourth-order valence-electron chi connectivity index (χ4n) is 15.4. The molecule has 454 valence electrons. The Bertz CT molecular complexity index is 5920. The number of fused-ring (bicyclic) bond motifs is 12. The van der Waals surface area contributed by atoms with Crippen LogP contribution in [0, 0.1) is 13.1 Å². The number of aromatic nitrogens is 5. The quantitative estimate of drug-likeness (QED) is 0.101. The molecule has 96 heavy (non-hydrogen) atoms. The van der Waals surface area contributed by atoms with E-state index in [2.05, 4.69) is 348 Å². The van der Waals surface area contributed by atoms with E-state index >= 15 is 0 Å². The summed E-state index contributed by atoms with van der Waals surface area (Å²) in [6.45, 7) is 2.42. The van der Waals surface area contributed by atoms with E-state index in [1.807, 2.05) is 0 Å². The van der Waals surface area contributed by atoms with Gasteiger partial charge in [-0.15, -0.1) is 0 Å². The zero-order valence-electron chi connectivity index (χ0n) is 52.8. The summed E-state index contributed by atoms with van der Waals surface area (Å²) < 4.78 is 11.4. The van der Waals surface area contributed by atoms with Gasteiger partial charge in [0.2, 0.25) is 0 Å². The first-order valence-electron chi connectivity index (χ1n) is 33.2. The van der Waals surface area contributed by atoms with Gasteiger partial charge in [0.15, 0.2) is 0 Å². The number of hydrogen-bond acceptors (Lipinski definition) is 2. The van der Waals surface area contributed by atoms with E-state index in [1.165, 1.54) is 106 Å². The summed E-state index contributed by atoms with van der Waals surface area (Å²) in [4.78, 5) is 10.8. The topological polar surface area (TPSA) is 40.6 Å². The van der Waals surface area contributed by atoms with Gasteiger partial charge in [-0.25, -0.2) is 0 Å². The van der Waals surface area contributed by atoms with Gasteiger partial charge in [0.05, 0.1) is 39.0 Å². The van der Waals surface area contributed by atoms with E-state index in [1.54, 1.807) is 0 Å². The van der Waals surface area contributed by atoms with Crippen molar-refractivity contribution < 1.29 is 0 Å². The minimum atomic E-state index is -1.86. The van der Waals surface area contributed by atoms with Crippen molar-refractivity contribution in [3.8, 4) is 84.3 Å². The first kappa shape index (κ1) is 56.1. The summed E-state index contributed by atoms with van der Waals surface area (Å²) in [5.41, 5.74) is 28.4. The second kappa shape index (κ2) is 22.9. The summed E-state index contributed by atoms with van der Waals surface area (Å²) in [6, 6.07) is 119. The van der Waals surface area contributed by atoms with Gasteiger partial charge in [-0.1, -0.05) is 110 Å². The van der Waals surface area contributed by atoms with E-state index in [4.69, 9.17) is 9.97 Å². The third-order valence-corrected chi connectivity index (χ3v) is 26.1. The molecule has 1 atom stereocenters. The minimum Gasteiger partial charge on any atom is -0.309 e. The van der Waals surface area contributed by atoms with Crippen molar-refractivity contribution in [1.29, 1.82) is 0 Å². The Morgan fingerprint density at radius 2 is 0.875 bits per heavy atom. The molecule has 5 nitrogen and oxygen atoms in total. The average molecular weight is 1340 g/mol. The van der Waals surface area contributed by atoms with Gasteiger partial charge in [0.25, 0.3) is 0 Å². The Hall–Kier alpha value is -11.5. The number of rotatable bonds is 10. The number of allylic oxidation sites excluding steroid dienone is 1. The van der Waals surface area contributed by atoms with Crippen molar-refractivity contribution in [1.82, 2.24) is 23.7 Å². The Morgan fingerprint density at radius 3 is 1.60 bits per heavy atom. The van der Waals surface area contributed by atoms with Crippen molar-refractivity contribution in [2.75, 3.05) is 0 Å². The van der Waals surface area contributed by atoms with Crippen LogP contribution < -0.4 is 0 Å². The molecule has 0 spiro atoms. The van der Waals surface area contributed by atoms with Crippen molar-refractivity contribution >= 4 is 86.0 Å². The first-order chi connectivity index (χ1) is 47.5. The molecule has 0 bridgehead atoms. The van der Waals surface area contributed by atoms with Gasteiger partial charge >= 0.3 is 249 Å². The zero-order chi connectivity index (χ0) is 63.4. The third-order valence-electron chi connectivity index (χ3n) is 20.0. The standard InChI is InChI=1S/C90H62IN5/c1-58-50-77-79-54-64(46-49-88(79)95(69-29-9-4-10-30-69)89(77)55-75(58)63-45-48-87-78(53-63)74-35-16-18-37-83(74)94(87)68-27-7-3-8-28-68)76-52-62(44-47-86(76)96-84-38-19-14-33-72(84)73-34-15-20-39-85(73)96)59-40-42-61(43-41-59)90-92-81(60-22-5-2-6-23-60)56-82(93-90)65-25-21-26-67(51-65)91-57-66-24-11-12-31-70(66)71-32-13-17-36-80(71)91/h2-49,51-56,58H,50,57H2,1H3.